The Morgan fingerprint density at radius 2 is 2.07 bits per heavy atom. The number of hydrogen-bond acceptors (Lipinski definition) is 3. The van der Waals surface area contributed by atoms with Gasteiger partial charge in [0, 0.05) is 18.1 Å². The van der Waals surface area contributed by atoms with Crippen molar-refractivity contribution in [2.45, 2.75) is 39.3 Å². The number of ether oxygens (including phenoxy) is 1. The Bertz CT molecular complexity index is 1030. The maximum absolute atomic E-state index is 13.4. The summed E-state index contributed by atoms with van der Waals surface area (Å²) >= 11 is 6.16. The predicted octanol–water partition coefficient (Wildman–Crippen LogP) is 5.16. The summed E-state index contributed by atoms with van der Waals surface area (Å²) in [6, 6.07) is 13.3. The fourth-order valence-electron chi connectivity index (χ4n) is 3.72. The van der Waals surface area contributed by atoms with Crippen molar-refractivity contribution >= 4 is 28.5 Å². The number of amides is 1. The smallest absolute Gasteiger partial charge is 0.258 e. The minimum atomic E-state index is -0.0868. The molecule has 1 aromatic heterocycles. The maximum Gasteiger partial charge on any atom is 0.258 e. The van der Waals surface area contributed by atoms with Crippen LogP contribution >= 0.6 is 11.6 Å². The summed E-state index contributed by atoms with van der Waals surface area (Å²) in [4.78, 5) is 20.1. The third-order valence-electron chi connectivity index (χ3n) is 5.38. The fourth-order valence-corrected chi connectivity index (χ4v) is 3.89. The Kier molecular flexibility index (Phi) is 5.76. The molecule has 0 N–H and O–H groups in total. The standard InChI is InChI=1S/C23H26ClN3O2/c1-3-12-26(23(28)18-13-17(24)10-11-21(18)29-2)15-22-25-19-6-4-5-7-20(19)27(22)14-16-8-9-16/h4-7,10-11,13,16H,3,8-9,12,14-15H2,1-2H3. The van der Waals surface area contributed by atoms with Crippen molar-refractivity contribution in [1.29, 1.82) is 0 Å². The monoisotopic (exact) mass is 411 g/mol. The molecular formula is C23H26ClN3O2. The van der Waals surface area contributed by atoms with E-state index in [2.05, 4.69) is 17.6 Å². The molecule has 6 heteroatoms. The predicted molar refractivity (Wildman–Crippen MR) is 115 cm³/mol. The lowest BCUT2D eigenvalue weighted by Gasteiger charge is -2.23. The molecule has 1 aliphatic rings. The highest BCUT2D eigenvalue weighted by Crippen LogP contribution is 2.33. The number of halogens is 1. The third-order valence-corrected chi connectivity index (χ3v) is 5.61. The number of fused-ring (bicyclic) bond motifs is 1. The molecule has 29 heavy (non-hydrogen) atoms. The van der Waals surface area contributed by atoms with E-state index in [0.717, 1.165) is 35.7 Å². The number of methoxy groups -OCH3 is 1. The first-order valence-electron chi connectivity index (χ1n) is 10.2. The number of para-hydroxylation sites is 2. The van der Waals surface area contributed by atoms with E-state index >= 15 is 0 Å². The van der Waals surface area contributed by atoms with Crippen LogP contribution in [0.15, 0.2) is 42.5 Å². The molecule has 0 spiro atoms. The van der Waals surface area contributed by atoms with Gasteiger partial charge >= 0.3 is 0 Å². The van der Waals surface area contributed by atoms with E-state index in [4.69, 9.17) is 21.3 Å². The van der Waals surface area contributed by atoms with E-state index in [9.17, 15) is 4.79 Å². The highest BCUT2D eigenvalue weighted by molar-refractivity contribution is 6.31. The van der Waals surface area contributed by atoms with Gasteiger partial charge in [-0.15, -0.1) is 0 Å². The zero-order valence-electron chi connectivity index (χ0n) is 16.9. The molecule has 3 aromatic rings. The zero-order chi connectivity index (χ0) is 20.4. The molecule has 0 atom stereocenters. The molecule has 1 fully saturated rings. The Labute approximate surface area is 176 Å². The van der Waals surface area contributed by atoms with E-state index < -0.39 is 0 Å². The zero-order valence-corrected chi connectivity index (χ0v) is 17.7. The third kappa shape index (κ3) is 4.25. The first kappa shape index (κ1) is 19.8. The molecule has 0 radical (unpaired) electrons. The van der Waals surface area contributed by atoms with Crippen molar-refractivity contribution in [2.75, 3.05) is 13.7 Å². The van der Waals surface area contributed by atoms with Gasteiger partial charge in [0.1, 0.15) is 11.6 Å². The molecule has 0 bridgehead atoms. The van der Waals surface area contributed by atoms with Gasteiger partial charge in [0.15, 0.2) is 0 Å². The highest BCUT2D eigenvalue weighted by Gasteiger charge is 2.26. The summed E-state index contributed by atoms with van der Waals surface area (Å²) in [5, 5.41) is 0.520. The van der Waals surface area contributed by atoms with Gasteiger partial charge in [-0.25, -0.2) is 4.98 Å². The SMILES string of the molecule is CCCN(Cc1nc2ccccc2n1CC1CC1)C(=O)c1cc(Cl)ccc1OC. The van der Waals surface area contributed by atoms with Gasteiger partial charge in [-0.3, -0.25) is 4.79 Å². The molecule has 1 aliphatic carbocycles. The Balaban J connectivity index is 1.68. The Hall–Kier alpha value is -2.53. The van der Waals surface area contributed by atoms with Crippen LogP contribution in [0, 0.1) is 5.92 Å². The summed E-state index contributed by atoms with van der Waals surface area (Å²) in [6.07, 6.45) is 3.39. The van der Waals surface area contributed by atoms with E-state index in [-0.39, 0.29) is 5.91 Å². The molecule has 1 amide bonds. The normalized spacial score (nSPS) is 13.6. The van der Waals surface area contributed by atoms with Gasteiger partial charge in [0.25, 0.3) is 5.91 Å². The second kappa shape index (κ2) is 8.46. The molecule has 1 heterocycles. The fraction of sp³-hybridized carbons (Fsp3) is 0.391. The number of carbonyl (C=O) groups excluding carboxylic acids is 1. The number of benzene rings is 2. The van der Waals surface area contributed by atoms with Crippen LogP contribution in [0.3, 0.4) is 0 Å². The van der Waals surface area contributed by atoms with Gasteiger partial charge in [-0.2, -0.15) is 0 Å². The van der Waals surface area contributed by atoms with Gasteiger partial charge in [0.05, 0.1) is 30.3 Å². The number of nitrogens with zero attached hydrogens (tertiary/aromatic N) is 3. The van der Waals surface area contributed by atoms with Gasteiger partial charge in [-0.1, -0.05) is 30.7 Å². The minimum Gasteiger partial charge on any atom is -0.496 e. The lowest BCUT2D eigenvalue weighted by atomic mass is 10.1. The van der Waals surface area contributed by atoms with Crippen molar-refractivity contribution in [3.8, 4) is 5.75 Å². The molecule has 0 aliphatic heterocycles. The minimum absolute atomic E-state index is 0.0868. The molecule has 4 rings (SSSR count). The second-order valence-electron chi connectivity index (χ2n) is 7.64. The number of hydrogen-bond donors (Lipinski definition) is 0. The number of carbonyl (C=O) groups is 1. The summed E-state index contributed by atoms with van der Waals surface area (Å²) in [5.74, 6) is 2.10. The lowest BCUT2D eigenvalue weighted by Crippen LogP contribution is -2.33. The number of imidazole rings is 1. The topological polar surface area (TPSA) is 47.4 Å². The van der Waals surface area contributed by atoms with Crippen LogP contribution in [0.1, 0.15) is 42.4 Å². The molecular weight excluding hydrogens is 386 g/mol. The Morgan fingerprint density at radius 3 is 2.79 bits per heavy atom. The highest BCUT2D eigenvalue weighted by atomic mass is 35.5. The van der Waals surface area contributed by atoms with Crippen LogP contribution in [0.2, 0.25) is 5.02 Å². The van der Waals surface area contributed by atoms with E-state index in [1.165, 1.54) is 12.8 Å². The van der Waals surface area contributed by atoms with Crippen molar-refractivity contribution in [3.05, 3.63) is 58.9 Å². The molecule has 5 nitrogen and oxygen atoms in total. The van der Waals surface area contributed by atoms with Gasteiger partial charge < -0.3 is 14.2 Å². The summed E-state index contributed by atoms with van der Waals surface area (Å²) < 4.78 is 7.70. The average Bonchev–Trinajstić information content (AvgIpc) is 3.49. The van der Waals surface area contributed by atoms with Crippen molar-refractivity contribution in [3.63, 3.8) is 0 Å². The van der Waals surface area contributed by atoms with E-state index in [1.54, 1.807) is 25.3 Å². The molecule has 0 saturated heterocycles. The van der Waals surface area contributed by atoms with Crippen LogP contribution in [-0.2, 0) is 13.1 Å². The van der Waals surface area contributed by atoms with Crippen LogP contribution in [-0.4, -0.2) is 34.0 Å². The largest absolute Gasteiger partial charge is 0.496 e. The van der Waals surface area contributed by atoms with Crippen molar-refractivity contribution in [1.82, 2.24) is 14.5 Å². The Morgan fingerprint density at radius 1 is 1.28 bits per heavy atom. The van der Waals surface area contributed by atoms with Crippen molar-refractivity contribution < 1.29 is 9.53 Å². The van der Waals surface area contributed by atoms with Crippen LogP contribution < -0.4 is 4.74 Å². The van der Waals surface area contributed by atoms with E-state index in [0.29, 0.717) is 29.4 Å². The van der Waals surface area contributed by atoms with Crippen LogP contribution in [0.25, 0.3) is 11.0 Å². The van der Waals surface area contributed by atoms with Gasteiger partial charge in [0.2, 0.25) is 0 Å². The van der Waals surface area contributed by atoms with Gasteiger partial charge in [-0.05, 0) is 55.5 Å². The second-order valence-corrected chi connectivity index (χ2v) is 8.08. The number of aromatic nitrogens is 2. The van der Waals surface area contributed by atoms with Crippen LogP contribution in [0.4, 0.5) is 0 Å². The molecule has 2 aromatic carbocycles. The maximum atomic E-state index is 13.4. The first-order chi connectivity index (χ1) is 14.1. The van der Waals surface area contributed by atoms with E-state index in [1.807, 2.05) is 23.1 Å². The molecule has 0 unspecified atom stereocenters. The summed E-state index contributed by atoms with van der Waals surface area (Å²) in [5.41, 5.74) is 2.60. The number of rotatable bonds is 8. The summed E-state index contributed by atoms with van der Waals surface area (Å²) in [6.45, 7) is 4.14. The van der Waals surface area contributed by atoms with Crippen LogP contribution in [0.5, 0.6) is 5.75 Å². The average molecular weight is 412 g/mol. The van der Waals surface area contributed by atoms with Crippen molar-refractivity contribution in [2.24, 2.45) is 5.92 Å². The molecule has 152 valence electrons. The quantitative estimate of drug-likeness (QED) is 0.514. The summed E-state index contributed by atoms with van der Waals surface area (Å²) in [7, 11) is 1.57. The lowest BCUT2D eigenvalue weighted by molar-refractivity contribution is 0.0733. The molecule has 1 saturated carbocycles. The first-order valence-corrected chi connectivity index (χ1v) is 10.6.